The van der Waals surface area contributed by atoms with Gasteiger partial charge in [-0.25, -0.2) is 0 Å². The number of nitrogens with one attached hydrogen (secondary N) is 1. The van der Waals surface area contributed by atoms with Crippen LogP contribution >= 0.6 is 0 Å². The Morgan fingerprint density at radius 3 is 2.00 bits per heavy atom. The molecule has 0 radical (unpaired) electrons. The zero-order valence-corrected chi connectivity index (χ0v) is 6.40. The summed E-state index contributed by atoms with van der Waals surface area (Å²) < 4.78 is 0. The quantitative estimate of drug-likeness (QED) is 0.611. The summed E-state index contributed by atoms with van der Waals surface area (Å²) in [6, 6.07) is 0.377. The van der Waals surface area contributed by atoms with Crippen LogP contribution in [0.3, 0.4) is 0 Å². The number of carbonyl (C=O) groups is 1. The third kappa shape index (κ3) is 4.01. The highest BCUT2D eigenvalue weighted by molar-refractivity contribution is 5.73. The fourth-order valence-electron chi connectivity index (χ4n) is 0.780. The molecule has 0 aromatic rings. The van der Waals surface area contributed by atoms with E-state index in [1.165, 1.54) is 0 Å². The van der Waals surface area contributed by atoms with E-state index < -0.39 is 0 Å². The molecule has 1 N–H and O–H groups in total. The van der Waals surface area contributed by atoms with Gasteiger partial charge in [0.1, 0.15) is 0 Å². The van der Waals surface area contributed by atoms with Crippen LogP contribution in [0.25, 0.3) is 0 Å². The zero-order valence-electron chi connectivity index (χ0n) is 6.40. The number of carbonyl (C=O) groups excluding carboxylic acids is 1. The second kappa shape index (κ2) is 4.36. The summed E-state index contributed by atoms with van der Waals surface area (Å²) in [5.41, 5.74) is 0. The van der Waals surface area contributed by atoms with Crippen molar-refractivity contribution >= 4 is 5.91 Å². The van der Waals surface area contributed by atoms with Crippen LogP contribution in [0.15, 0.2) is 0 Å². The van der Waals surface area contributed by atoms with Crippen molar-refractivity contribution in [1.82, 2.24) is 5.32 Å². The van der Waals surface area contributed by atoms with Crippen LogP contribution in [0.4, 0.5) is 0 Å². The maximum atomic E-state index is 10.5. The minimum atomic E-state index is 0.0729. The van der Waals surface area contributed by atoms with Crippen LogP contribution in [-0.2, 0) is 4.79 Å². The van der Waals surface area contributed by atoms with E-state index >= 15 is 0 Å². The van der Waals surface area contributed by atoms with E-state index in [9.17, 15) is 4.79 Å². The lowest BCUT2D eigenvalue weighted by Crippen LogP contribution is -2.31. The van der Waals surface area contributed by atoms with E-state index in [1.807, 2.05) is 0 Å². The Bertz CT molecular complexity index is 86.9. The summed E-state index contributed by atoms with van der Waals surface area (Å²) in [6.45, 7) is 5.70. The van der Waals surface area contributed by atoms with E-state index in [0.717, 1.165) is 12.8 Å². The normalized spacial score (nSPS) is 9.78. The number of rotatable bonds is 3. The van der Waals surface area contributed by atoms with Gasteiger partial charge in [0.25, 0.3) is 0 Å². The molecule has 0 aliphatic rings. The van der Waals surface area contributed by atoms with E-state index in [-0.39, 0.29) is 5.91 Å². The molecular formula is C7H15NO. The molecule has 0 saturated carbocycles. The van der Waals surface area contributed by atoms with E-state index in [1.54, 1.807) is 6.92 Å². The van der Waals surface area contributed by atoms with Crippen molar-refractivity contribution in [3.05, 3.63) is 0 Å². The standard InChI is InChI=1S/C7H15NO/c1-4-7(5-2)8-6(3)9/h7H,4-5H2,1-3H3,(H,8,9). The lowest BCUT2D eigenvalue weighted by molar-refractivity contribution is -0.119. The van der Waals surface area contributed by atoms with Gasteiger partial charge >= 0.3 is 0 Å². The molecule has 9 heavy (non-hydrogen) atoms. The smallest absolute Gasteiger partial charge is 0.217 e. The first-order valence-electron chi connectivity index (χ1n) is 3.47. The molecule has 0 atom stereocenters. The van der Waals surface area contributed by atoms with Crippen LogP contribution in [0.2, 0.25) is 0 Å². The van der Waals surface area contributed by atoms with Crippen LogP contribution in [-0.4, -0.2) is 11.9 Å². The summed E-state index contributed by atoms with van der Waals surface area (Å²) in [7, 11) is 0. The van der Waals surface area contributed by atoms with Gasteiger partial charge in [-0.2, -0.15) is 0 Å². The molecule has 54 valence electrons. The second-order valence-corrected chi connectivity index (χ2v) is 2.21. The second-order valence-electron chi connectivity index (χ2n) is 2.21. The monoisotopic (exact) mass is 129 g/mol. The minimum Gasteiger partial charge on any atom is -0.354 e. The highest BCUT2D eigenvalue weighted by Crippen LogP contribution is 1.94. The molecule has 2 nitrogen and oxygen atoms in total. The summed E-state index contributed by atoms with van der Waals surface area (Å²) in [4.78, 5) is 10.5. The summed E-state index contributed by atoms with van der Waals surface area (Å²) >= 11 is 0. The first-order chi connectivity index (χ1) is 4.20. The van der Waals surface area contributed by atoms with Crippen molar-refractivity contribution in [3.8, 4) is 0 Å². The van der Waals surface area contributed by atoms with Gasteiger partial charge < -0.3 is 5.32 Å². The molecule has 1 amide bonds. The predicted octanol–water partition coefficient (Wildman–Crippen LogP) is 1.31. The number of hydrogen-bond donors (Lipinski definition) is 1. The average Bonchev–Trinajstić information content (AvgIpc) is 1.82. The molecule has 0 spiro atoms. The van der Waals surface area contributed by atoms with Gasteiger partial charge in [-0.3, -0.25) is 4.79 Å². The molecule has 0 unspecified atom stereocenters. The first-order valence-corrected chi connectivity index (χ1v) is 3.47. The van der Waals surface area contributed by atoms with Crippen molar-refractivity contribution in [2.45, 2.75) is 39.7 Å². The molecule has 0 rings (SSSR count). The lowest BCUT2D eigenvalue weighted by Gasteiger charge is -2.11. The lowest BCUT2D eigenvalue weighted by atomic mass is 10.2. The fourth-order valence-corrected chi connectivity index (χ4v) is 0.780. The molecule has 0 saturated heterocycles. The van der Waals surface area contributed by atoms with Crippen molar-refractivity contribution in [2.24, 2.45) is 0 Å². The van der Waals surface area contributed by atoms with Crippen molar-refractivity contribution in [1.29, 1.82) is 0 Å². The van der Waals surface area contributed by atoms with Crippen molar-refractivity contribution in [2.75, 3.05) is 0 Å². The van der Waals surface area contributed by atoms with Gasteiger partial charge in [0, 0.05) is 13.0 Å². The Morgan fingerprint density at radius 1 is 1.44 bits per heavy atom. The molecule has 2 heteroatoms. The Morgan fingerprint density at radius 2 is 1.89 bits per heavy atom. The Hall–Kier alpha value is -0.530. The average molecular weight is 129 g/mol. The van der Waals surface area contributed by atoms with Gasteiger partial charge in [-0.15, -0.1) is 0 Å². The van der Waals surface area contributed by atoms with Crippen LogP contribution in [0.5, 0.6) is 0 Å². The Balaban J connectivity index is 3.43. The largest absolute Gasteiger partial charge is 0.354 e. The topological polar surface area (TPSA) is 29.1 Å². The molecule has 0 aliphatic heterocycles. The van der Waals surface area contributed by atoms with E-state index in [4.69, 9.17) is 0 Å². The summed E-state index contributed by atoms with van der Waals surface area (Å²) in [5, 5.41) is 2.84. The van der Waals surface area contributed by atoms with Crippen LogP contribution < -0.4 is 5.32 Å². The first kappa shape index (κ1) is 8.47. The molecule has 0 aromatic carbocycles. The number of amides is 1. The van der Waals surface area contributed by atoms with Gasteiger partial charge in [-0.05, 0) is 12.8 Å². The Kier molecular flexibility index (Phi) is 4.10. The highest BCUT2D eigenvalue weighted by Gasteiger charge is 2.01. The number of hydrogen-bond acceptors (Lipinski definition) is 1. The molecule has 0 fully saturated rings. The molecule has 0 aromatic heterocycles. The molecule has 0 aliphatic carbocycles. The van der Waals surface area contributed by atoms with Crippen LogP contribution in [0.1, 0.15) is 33.6 Å². The maximum absolute atomic E-state index is 10.5. The van der Waals surface area contributed by atoms with Crippen molar-refractivity contribution in [3.63, 3.8) is 0 Å². The van der Waals surface area contributed by atoms with E-state index in [0.29, 0.717) is 6.04 Å². The Labute approximate surface area is 56.6 Å². The highest BCUT2D eigenvalue weighted by atomic mass is 16.1. The van der Waals surface area contributed by atoms with Gasteiger partial charge in [-0.1, -0.05) is 13.8 Å². The van der Waals surface area contributed by atoms with Gasteiger partial charge in [0.05, 0.1) is 0 Å². The summed E-state index contributed by atoms with van der Waals surface area (Å²) in [5.74, 6) is 0.0729. The maximum Gasteiger partial charge on any atom is 0.217 e. The third-order valence-corrected chi connectivity index (χ3v) is 1.39. The molecule has 0 heterocycles. The zero-order chi connectivity index (χ0) is 7.28. The fraction of sp³-hybridized carbons (Fsp3) is 0.857. The summed E-state index contributed by atoms with van der Waals surface area (Å²) in [6.07, 6.45) is 2.05. The van der Waals surface area contributed by atoms with Gasteiger partial charge in [0.2, 0.25) is 5.91 Å². The predicted molar refractivity (Wildman–Crippen MR) is 38.2 cm³/mol. The third-order valence-electron chi connectivity index (χ3n) is 1.39. The SMILES string of the molecule is CCC(CC)NC(C)=O. The van der Waals surface area contributed by atoms with Crippen molar-refractivity contribution < 1.29 is 4.79 Å². The van der Waals surface area contributed by atoms with Crippen LogP contribution in [0, 0.1) is 0 Å². The van der Waals surface area contributed by atoms with E-state index in [2.05, 4.69) is 19.2 Å². The minimum absolute atomic E-state index is 0.0729. The molecular weight excluding hydrogens is 114 g/mol. The molecule has 0 bridgehead atoms. The van der Waals surface area contributed by atoms with Gasteiger partial charge in [0.15, 0.2) is 0 Å².